The molecule has 2 bridgehead atoms. The van der Waals surface area contributed by atoms with Gasteiger partial charge >= 0.3 is 0 Å². The number of pyridine rings is 1. The topological polar surface area (TPSA) is 104 Å². The summed E-state index contributed by atoms with van der Waals surface area (Å²) >= 11 is 6.01. The lowest BCUT2D eigenvalue weighted by Crippen LogP contribution is -2.68. The number of nitrogens with one attached hydrogen (secondary N) is 2. The molecule has 2 unspecified atom stereocenters. The molecule has 3 saturated heterocycles. The zero-order chi connectivity index (χ0) is 27.2. The molecule has 40 heavy (non-hydrogen) atoms. The maximum Gasteiger partial charge on any atom is 0.163 e. The van der Waals surface area contributed by atoms with Crippen molar-refractivity contribution in [3.63, 3.8) is 0 Å². The lowest BCUT2D eigenvalue weighted by molar-refractivity contribution is -0.00867. The zero-order valence-electron chi connectivity index (χ0n) is 22.3. The van der Waals surface area contributed by atoms with Gasteiger partial charge in [0.05, 0.1) is 16.9 Å². The molecule has 3 fully saturated rings. The minimum absolute atomic E-state index is 0.532. The molecular weight excluding hydrogens is 524 g/mol. The number of fused-ring (bicyclic) bond motifs is 2. The van der Waals surface area contributed by atoms with E-state index in [1.807, 2.05) is 38.4 Å². The monoisotopic (exact) mass is 552 g/mol. The summed E-state index contributed by atoms with van der Waals surface area (Å²) in [4.78, 5) is 19.1. The van der Waals surface area contributed by atoms with Crippen LogP contribution in [-0.4, -0.2) is 65.0 Å². The van der Waals surface area contributed by atoms with E-state index in [-0.39, 0.29) is 0 Å². The Kier molecular flexibility index (Phi) is 6.21. The van der Waals surface area contributed by atoms with Gasteiger partial charge in [-0.05, 0) is 50.1 Å². The first-order valence-corrected chi connectivity index (χ1v) is 13.8. The maximum absolute atomic E-state index is 6.01. The Morgan fingerprint density at radius 2 is 1.80 bits per heavy atom. The highest BCUT2D eigenvalue weighted by Crippen LogP contribution is 2.35. The third-order valence-electron chi connectivity index (χ3n) is 7.61. The van der Waals surface area contributed by atoms with Crippen LogP contribution >= 0.6 is 11.6 Å². The number of benzene rings is 1. The number of hydrogen-bond acceptors (Lipinski definition) is 8. The predicted molar refractivity (Wildman–Crippen MR) is 155 cm³/mol. The van der Waals surface area contributed by atoms with E-state index in [2.05, 4.69) is 71.8 Å². The number of aromatic amines is 1. The Balaban J connectivity index is 0.991. The van der Waals surface area contributed by atoms with Crippen LogP contribution in [0.5, 0.6) is 0 Å². The molecule has 2 N–H and O–H groups in total. The molecule has 0 amide bonds. The van der Waals surface area contributed by atoms with E-state index in [1.54, 1.807) is 10.9 Å². The summed E-state index contributed by atoms with van der Waals surface area (Å²) in [5, 5.41) is 15.3. The van der Waals surface area contributed by atoms with Gasteiger partial charge in [0.15, 0.2) is 11.6 Å². The highest BCUT2D eigenvalue weighted by Gasteiger charge is 2.44. The van der Waals surface area contributed by atoms with E-state index in [1.165, 1.54) is 12.0 Å². The average Bonchev–Trinajstić information content (AvgIpc) is 3.59. The van der Waals surface area contributed by atoms with Crippen molar-refractivity contribution >= 4 is 29.1 Å². The van der Waals surface area contributed by atoms with Crippen LogP contribution < -0.4 is 10.2 Å². The molecule has 7 heterocycles. The van der Waals surface area contributed by atoms with Crippen molar-refractivity contribution in [1.29, 1.82) is 0 Å². The number of nitrogens with zero attached hydrogens (tertiary/aromatic N) is 8. The van der Waals surface area contributed by atoms with Gasteiger partial charge in [-0.1, -0.05) is 23.7 Å². The molecule has 5 aromatic rings. The highest BCUT2D eigenvalue weighted by molar-refractivity contribution is 6.30. The van der Waals surface area contributed by atoms with E-state index < -0.39 is 0 Å². The molecule has 0 spiro atoms. The minimum atomic E-state index is 0.532. The molecule has 0 radical (unpaired) electrons. The van der Waals surface area contributed by atoms with Crippen molar-refractivity contribution < 1.29 is 0 Å². The molecule has 11 heteroatoms. The number of aromatic nitrogens is 7. The van der Waals surface area contributed by atoms with E-state index in [9.17, 15) is 0 Å². The molecule has 3 aliphatic heterocycles. The number of hydrogen-bond donors (Lipinski definition) is 2. The SMILES string of the molecule is Cc1cc(Nc2cc(C)[nH]n2)nc(-c2ccc(N3CC4CC(C3)N4Cc3ccc(-n4cc(Cl)cn4)cc3)nc2)n1. The number of piperidine rings is 1. The lowest BCUT2D eigenvalue weighted by atomic mass is 9.86. The number of halogens is 1. The third kappa shape index (κ3) is 4.91. The number of piperazine rings is 1. The summed E-state index contributed by atoms with van der Waals surface area (Å²) < 4.78 is 1.79. The first-order valence-electron chi connectivity index (χ1n) is 13.4. The first-order chi connectivity index (χ1) is 19.5. The molecular formula is C29H29ClN10. The van der Waals surface area contributed by atoms with Crippen LogP contribution in [0.2, 0.25) is 5.02 Å². The molecule has 202 valence electrons. The van der Waals surface area contributed by atoms with Crippen molar-refractivity contribution in [3.8, 4) is 17.1 Å². The highest BCUT2D eigenvalue weighted by atomic mass is 35.5. The molecule has 10 nitrogen and oxygen atoms in total. The molecule has 8 rings (SSSR count). The second kappa shape index (κ2) is 10.0. The van der Waals surface area contributed by atoms with Crippen molar-refractivity contribution in [2.75, 3.05) is 23.3 Å². The molecule has 3 aliphatic rings. The number of aryl methyl sites for hydroxylation is 2. The van der Waals surface area contributed by atoms with Gasteiger partial charge in [-0.25, -0.2) is 19.6 Å². The Labute approximate surface area is 237 Å². The third-order valence-corrected chi connectivity index (χ3v) is 7.80. The van der Waals surface area contributed by atoms with Gasteiger partial charge in [0.2, 0.25) is 0 Å². The fraction of sp³-hybridized carbons (Fsp3) is 0.276. The van der Waals surface area contributed by atoms with E-state index in [0.717, 1.165) is 53.9 Å². The van der Waals surface area contributed by atoms with Crippen LogP contribution in [0.3, 0.4) is 0 Å². The summed E-state index contributed by atoms with van der Waals surface area (Å²) in [7, 11) is 0. The first kappa shape index (κ1) is 24.7. The van der Waals surface area contributed by atoms with Crippen molar-refractivity contribution in [2.45, 2.75) is 38.9 Å². The summed E-state index contributed by atoms with van der Waals surface area (Å²) in [5.41, 5.74) is 5.07. The van der Waals surface area contributed by atoms with Crippen LogP contribution in [0, 0.1) is 13.8 Å². The minimum Gasteiger partial charge on any atom is -0.353 e. The second-order valence-electron chi connectivity index (χ2n) is 10.6. The Hall–Kier alpha value is -4.28. The van der Waals surface area contributed by atoms with Crippen molar-refractivity contribution in [1.82, 2.24) is 39.8 Å². The molecule has 4 aromatic heterocycles. The van der Waals surface area contributed by atoms with Crippen LogP contribution in [0.4, 0.5) is 17.5 Å². The van der Waals surface area contributed by atoms with Crippen LogP contribution in [-0.2, 0) is 6.54 Å². The summed E-state index contributed by atoms with van der Waals surface area (Å²) in [6.45, 7) is 6.83. The zero-order valence-corrected chi connectivity index (χ0v) is 23.0. The van der Waals surface area contributed by atoms with Gasteiger partial charge in [0.1, 0.15) is 11.6 Å². The summed E-state index contributed by atoms with van der Waals surface area (Å²) in [6.07, 6.45) is 6.58. The van der Waals surface area contributed by atoms with E-state index >= 15 is 0 Å². The summed E-state index contributed by atoms with van der Waals surface area (Å²) in [5.74, 6) is 3.07. The average molecular weight is 553 g/mol. The maximum atomic E-state index is 6.01. The van der Waals surface area contributed by atoms with E-state index in [4.69, 9.17) is 21.6 Å². The second-order valence-corrected chi connectivity index (χ2v) is 11.0. The summed E-state index contributed by atoms with van der Waals surface area (Å²) in [6, 6.07) is 17.6. The largest absolute Gasteiger partial charge is 0.353 e. The van der Waals surface area contributed by atoms with Gasteiger partial charge in [-0.3, -0.25) is 10.00 Å². The smallest absolute Gasteiger partial charge is 0.163 e. The normalized spacial score (nSPS) is 18.5. The standard InChI is InChI=1S/C29H29ClN10/c1-18-9-26(34-27-10-19(2)36-37-27)35-29(33-18)21-5-8-28(31-12-21)38-16-24-11-25(17-38)39(24)14-20-3-6-23(7-4-20)40-15-22(30)13-32-40/h3-10,12-13,15,24-25H,11,14,16-17H2,1-2H3,(H2,33,34,35,36,37). The molecule has 0 saturated carbocycles. The van der Waals surface area contributed by atoms with Crippen LogP contribution in [0.25, 0.3) is 17.1 Å². The Morgan fingerprint density at radius 3 is 2.48 bits per heavy atom. The van der Waals surface area contributed by atoms with Crippen molar-refractivity contribution in [2.24, 2.45) is 0 Å². The van der Waals surface area contributed by atoms with Crippen LogP contribution in [0.1, 0.15) is 23.4 Å². The van der Waals surface area contributed by atoms with Gasteiger partial charge in [-0.2, -0.15) is 10.2 Å². The molecule has 0 aliphatic carbocycles. The molecule has 1 aromatic carbocycles. The fourth-order valence-corrected chi connectivity index (χ4v) is 5.76. The van der Waals surface area contributed by atoms with Crippen molar-refractivity contribution in [3.05, 3.63) is 89.1 Å². The fourth-order valence-electron chi connectivity index (χ4n) is 5.62. The lowest BCUT2D eigenvalue weighted by Gasteiger charge is -2.56. The quantitative estimate of drug-likeness (QED) is 0.293. The number of anilines is 3. The van der Waals surface area contributed by atoms with Gasteiger partial charge in [0.25, 0.3) is 0 Å². The molecule has 2 atom stereocenters. The Bertz CT molecular complexity index is 1630. The van der Waals surface area contributed by atoms with Gasteiger partial charge < -0.3 is 10.2 Å². The Morgan fingerprint density at radius 1 is 0.975 bits per heavy atom. The van der Waals surface area contributed by atoms with Crippen LogP contribution in [0.15, 0.2) is 67.1 Å². The van der Waals surface area contributed by atoms with Gasteiger partial charge in [0, 0.05) is 73.2 Å². The predicted octanol–water partition coefficient (Wildman–Crippen LogP) is 4.92. The van der Waals surface area contributed by atoms with E-state index in [0.29, 0.717) is 28.7 Å². The number of rotatable bonds is 7. The number of H-pyrrole nitrogens is 1. The van der Waals surface area contributed by atoms with Gasteiger partial charge in [-0.15, -0.1) is 0 Å².